The highest BCUT2D eigenvalue weighted by atomic mass is 35.5. The summed E-state index contributed by atoms with van der Waals surface area (Å²) in [7, 11) is 0. The maximum Gasteiger partial charge on any atom is 0.230 e. The first-order valence-corrected chi connectivity index (χ1v) is 10.8. The third-order valence-electron chi connectivity index (χ3n) is 4.42. The van der Waals surface area contributed by atoms with Crippen LogP contribution in [0.3, 0.4) is 0 Å². The summed E-state index contributed by atoms with van der Waals surface area (Å²) in [6.07, 6.45) is 0. The number of nitrogens with one attached hydrogen (secondary N) is 1. The predicted molar refractivity (Wildman–Crippen MR) is 121 cm³/mol. The molecule has 4 rings (SSSR count). The Hall–Kier alpha value is -3.09. The van der Waals surface area contributed by atoms with Crippen LogP contribution in [0.4, 0.5) is 0 Å². The van der Waals surface area contributed by atoms with Gasteiger partial charge in [-0.1, -0.05) is 84.0 Å². The van der Waals surface area contributed by atoms with E-state index in [1.54, 1.807) is 0 Å². The fourth-order valence-corrected chi connectivity index (χ4v) is 3.85. The van der Waals surface area contributed by atoms with Gasteiger partial charge < -0.3 is 5.32 Å². The summed E-state index contributed by atoms with van der Waals surface area (Å²) in [6.45, 7) is 0.499. The van der Waals surface area contributed by atoms with E-state index < -0.39 is 0 Å². The molecule has 0 saturated carbocycles. The molecule has 1 heterocycles. The number of hydrogen-bond acceptors (Lipinski definition) is 4. The number of carbonyl (C=O) groups is 1. The molecular weight excluding hydrogens is 416 g/mol. The first-order chi connectivity index (χ1) is 14.7. The number of nitrogens with zero attached hydrogens (tertiary/aromatic N) is 3. The zero-order valence-corrected chi connectivity index (χ0v) is 17.6. The molecule has 7 heteroatoms. The van der Waals surface area contributed by atoms with E-state index in [1.165, 1.54) is 11.8 Å². The number of aromatic nitrogens is 3. The van der Waals surface area contributed by atoms with Gasteiger partial charge in [-0.2, -0.15) is 0 Å². The van der Waals surface area contributed by atoms with Gasteiger partial charge >= 0.3 is 0 Å². The molecule has 0 radical (unpaired) electrons. The van der Waals surface area contributed by atoms with Crippen molar-refractivity contribution in [1.82, 2.24) is 20.1 Å². The molecule has 3 aromatic carbocycles. The second-order valence-corrected chi connectivity index (χ2v) is 7.91. The molecule has 0 aliphatic carbocycles. The lowest BCUT2D eigenvalue weighted by Crippen LogP contribution is -2.24. The molecule has 4 aromatic rings. The smallest absolute Gasteiger partial charge is 0.230 e. The molecular formula is C23H19ClN4OS. The van der Waals surface area contributed by atoms with Gasteiger partial charge in [-0.05, 0) is 29.8 Å². The Morgan fingerprint density at radius 3 is 2.27 bits per heavy atom. The lowest BCUT2D eigenvalue weighted by Gasteiger charge is -2.11. The van der Waals surface area contributed by atoms with Crippen LogP contribution in [0.1, 0.15) is 5.56 Å². The van der Waals surface area contributed by atoms with Gasteiger partial charge in [0.2, 0.25) is 5.91 Å². The Morgan fingerprint density at radius 1 is 0.900 bits per heavy atom. The highest BCUT2D eigenvalue weighted by Crippen LogP contribution is 2.28. The summed E-state index contributed by atoms with van der Waals surface area (Å²) in [5.74, 6) is 0.897. The number of thioether (sulfide) groups is 1. The van der Waals surface area contributed by atoms with Crippen molar-refractivity contribution in [3.63, 3.8) is 0 Å². The van der Waals surface area contributed by atoms with Crippen molar-refractivity contribution in [2.45, 2.75) is 11.7 Å². The molecule has 5 nitrogen and oxygen atoms in total. The third-order valence-corrected chi connectivity index (χ3v) is 5.60. The molecule has 0 spiro atoms. The van der Waals surface area contributed by atoms with Gasteiger partial charge in [0.25, 0.3) is 0 Å². The average Bonchev–Trinajstić information content (AvgIpc) is 3.22. The van der Waals surface area contributed by atoms with Crippen molar-refractivity contribution in [2.75, 3.05) is 5.75 Å². The molecule has 0 unspecified atom stereocenters. The van der Waals surface area contributed by atoms with Gasteiger partial charge in [0, 0.05) is 22.8 Å². The van der Waals surface area contributed by atoms with E-state index >= 15 is 0 Å². The number of hydrogen-bond donors (Lipinski definition) is 1. The quantitative estimate of drug-likeness (QED) is 0.416. The first kappa shape index (κ1) is 20.2. The second-order valence-electron chi connectivity index (χ2n) is 6.54. The van der Waals surface area contributed by atoms with Crippen molar-refractivity contribution in [3.05, 3.63) is 95.5 Å². The molecule has 0 aliphatic heterocycles. The maximum absolute atomic E-state index is 12.4. The Balaban J connectivity index is 1.53. The summed E-state index contributed by atoms with van der Waals surface area (Å²) in [6, 6.07) is 27.2. The van der Waals surface area contributed by atoms with Gasteiger partial charge in [-0.3, -0.25) is 9.36 Å². The van der Waals surface area contributed by atoms with Crippen molar-refractivity contribution in [2.24, 2.45) is 0 Å². The Labute approximate surface area is 184 Å². The molecule has 0 fully saturated rings. The Bertz CT molecular complexity index is 1120. The molecule has 150 valence electrons. The molecule has 0 aliphatic rings. The molecule has 0 atom stereocenters. The standard InChI is InChI=1S/C23H19ClN4OS/c24-19-11-13-20(14-12-19)28-22(18-9-5-2-6-10-18)26-27-23(28)30-16-21(29)25-15-17-7-3-1-4-8-17/h1-14H,15-16H2,(H,25,29). The number of benzene rings is 3. The largest absolute Gasteiger partial charge is 0.351 e. The van der Waals surface area contributed by atoms with Gasteiger partial charge in [-0.25, -0.2) is 0 Å². The van der Waals surface area contributed by atoms with Crippen LogP contribution in [0.2, 0.25) is 5.02 Å². The molecule has 1 N–H and O–H groups in total. The summed E-state index contributed by atoms with van der Waals surface area (Å²) < 4.78 is 1.95. The highest BCUT2D eigenvalue weighted by molar-refractivity contribution is 7.99. The van der Waals surface area contributed by atoms with Crippen LogP contribution < -0.4 is 5.32 Å². The number of amides is 1. The van der Waals surface area contributed by atoms with E-state index in [9.17, 15) is 4.79 Å². The topological polar surface area (TPSA) is 59.8 Å². The summed E-state index contributed by atoms with van der Waals surface area (Å²) in [5, 5.41) is 13.0. The maximum atomic E-state index is 12.4. The van der Waals surface area contributed by atoms with Gasteiger partial charge in [-0.15, -0.1) is 10.2 Å². The third kappa shape index (κ3) is 4.90. The summed E-state index contributed by atoms with van der Waals surface area (Å²) in [5.41, 5.74) is 2.89. The number of rotatable bonds is 7. The van der Waals surface area contributed by atoms with Gasteiger partial charge in [0.15, 0.2) is 11.0 Å². The lowest BCUT2D eigenvalue weighted by atomic mass is 10.2. The van der Waals surface area contributed by atoms with Crippen LogP contribution in [0.15, 0.2) is 90.1 Å². The average molecular weight is 435 g/mol. The van der Waals surface area contributed by atoms with Crippen molar-refractivity contribution in [3.8, 4) is 17.1 Å². The van der Waals surface area contributed by atoms with E-state index in [1.807, 2.05) is 89.5 Å². The summed E-state index contributed by atoms with van der Waals surface area (Å²) in [4.78, 5) is 12.4. The van der Waals surface area contributed by atoms with Crippen molar-refractivity contribution < 1.29 is 4.79 Å². The Kier molecular flexibility index (Phi) is 6.47. The van der Waals surface area contributed by atoms with Crippen LogP contribution in [0.5, 0.6) is 0 Å². The van der Waals surface area contributed by atoms with Crippen LogP contribution in [0.25, 0.3) is 17.1 Å². The molecule has 0 bridgehead atoms. The predicted octanol–water partition coefficient (Wildman–Crippen LogP) is 5.00. The SMILES string of the molecule is O=C(CSc1nnc(-c2ccccc2)n1-c1ccc(Cl)cc1)NCc1ccccc1. The minimum absolute atomic E-state index is 0.0595. The molecule has 1 amide bonds. The van der Waals surface area contributed by atoms with Crippen molar-refractivity contribution in [1.29, 1.82) is 0 Å². The fraction of sp³-hybridized carbons (Fsp3) is 0.0870. The number of carbonyl (C=O) groups excluding carboxylic acids is 1. The van der Waals surface area contributed by atoms with Crippen LogP contribution in [0, 0.1) is 0 Å². The first-order valence-electron chi connectivity index (χ1n) is 9.41. The normalized spacial score (nSPS) is 10.7. The second kappa shape index (κ2) is 9.61. The van der Waals surface area contributed by atoms with E-state index in [0.717, 1.165) is 16.8 Å². The van der Waals surface area contributed by atoms with E-state index in [-0.39, 0.29) is 11.7 Å². The summed E-state index contributed by atoms with van der Waals surface area (Å²) >= 11 is 7.41. The lowest BCUT2D eigenvalue weighted by molar-refractivity contribution is -0.118. The molecule has 0 saturated heterocycles. The fourth-order valence-electron chi connectivity index (χ4n) is 2.94. The van der Waals surface area contributed by atoms with E-state index in [4.69, 9.17) is 11.6 Å². The molecule has 1 aromatic heterocycles. The Morgan fingerprint density at radius 2 is 1.57 bits per heavy atom. The van der Waals surface area contributed by atoms with Crippen LogP contribution in [-0.4, -0.2) is 26.4 Å². The van der Waals surface area contributed by atoms with Gasteiger partial charge in [0.1, 0.15) is 0 Å². The minimum Gasteiger partial charge on any atom is -0.351 e. The monoisotopic (exact) mass is 434 g/mol. The minimum atomic E-state index is -0.0595. The zero-order chi connectivity index (χ0) is 20.8. The van der Waals surface area contributed by atoms with Crippen molar-refractivity contribution >= 4 is 29.3 Å². The number of halogens is 1. The zero-order valence-electron chi connectivity index (χ0n) is 16.0. The van der Waals surface area contributed by atoms with E-state index in [2.05, 4.69) is 15.5 Å². The van der Waals surface area contributed by atoms with Gasteiger partial charge in [0.05, 0.1) is 5.75 Å². The molecule has 30 heavy (non-hydrogen) atoms. The van der Waals surface area contributed by atoms with Crippen LogP contribution >= 0.6 is 23.4 Å². The van der Waals surface area contributed by atoms with Crippen LogP contribution in [-0.2, 0) is 11.3 Å². The van der Waals surface area contributed by atoms with E-state index in [0.29, 0.717) is 22.5 Å². The highest BCUT2D eigenvalue weighted by Gasteiger charge is 2.17.